The molecule has 0 spiro atoms. The molecule has 0 radical (unpaired) electrons. The first-order valence-electron chi connectivity index (χ1n) is 9.91. The van der Waals surface area contributed by atoms with Crippen molar-refractivity contribution in [3.63, 3.8) is 0 Å². The van der Waals surface area contributed by atoms with E-state index < -0.39 is 0 Å². The maximum absolute atomic E-state index is 12.4. The summed E-state index contributed by atoms with van der Waals surface area (Å²) in [6.45, 7) is 9.87. The molecule has 2 aliphatic rings. The van der Waals surface area contributed by atoms with Gasteiger partial charge in [-0.15, -0.1) is 11.3 Å². The van der Waals surface area contributed by atoms with Gasteiger partial charge in [0, 0.05) is 36.5 Å². The molecule has 7 heteroatoms. The number of fused-ring (bicyclic) bond motifs is 3. The third-order valence-electron chi connectivity index (χ3n) is 5.56. The minimum atomic E-state index is -0.316. The van der Waals surface area contributed by atoms with Crippen molar-refractivity contribution in [2.75, 3.05) is 31.9 Å². The second kappa shape index (κ2) is 7.02. The molecule has 1 fully saturated rings. The highest BCUT2D eigenvalue weighted by Crippen LogP contribution is 2.37. The molecule has 2 N–H and O–H groups in total. The van der Waals surface area contributed by atoms with Crippen LogP contribution >= 0.6 is 11.3 Å². The van der Waals surface area contributed by atoms with Crippen molar-refractivity contribution in [3.8, 4) is 0 Å². The van der Waals surface area contributed by atoms with Gasteiger partial charge < -0.3 is 10.6 Å². The number of nitrogens with two attached hydrogens (primary N) is 1. The van der Waals surface area contributed by atoms with Gasteiger partial charge in [0.25, 0.3) is 0 Å². The number of aromatic nitrogens is 2. The van der Waals surface area contributed by atoms with Crippen LogP contribution in [0.3, 0.4) is 0 Å². The minimum absolute atomic E-state index is 0.230. The van der Waals surface area contributed by atoms with Gasteiger partial charge in [-0.1, -0.05) is 20.8 Å². The summed E-state index contributed by atoms with van der Waals surface area (Å²) in [6.07, 6.45) is 4.75. The zero-order chi connectivity index (χ0) is 19.2. The van der Waals surface area contributed by atoms with Gasteiger partial charge in [0.2, 0.25) is 5.91 Å². The Kier molecular flexibility index (Phi) is 4.84. The van der Waals surface area contributed by atoms with E-state index in [0.717, 1.165) is 55.1 Å². The molecule has 1 aliphatic heterocycles. The van der Waals surface area contributed by atoms with Crippen LogP contribution in [0, 0.1) is 5.41 Å². The van der Waals surface area contributed by atoms with E-state index in [-0.39, 0.29) is 11.3 Å². The Bertz CT molecular complexity index is 861. The van der Waals surface area contributed by atoms with Crippen LogP contribution in [0.25, 0.3) is 10.2 Å². The summed E-state index contributed by atoms with van der Waals surface area (Å²) in [5.74, 6) is 1.67. The van der Waals surface area contributed by atoms with Crippen molar-refractivity contribution < 1.29 is 4.79 Å². The zero-order valence-electron chi connectivity index (χ0n) is 16.5. The standard InChI is InChI=1S/C20H29N5OS/c1-20(2,3)19(26)25-10-8-24(9-11-25)12-15-22-17(21)16-13-6-4-5-7-14(13)27-18(16)23-15/h4-12H2,1-3H3,(H2,21,22,23). The van der Waals surface area contributed by atoms with Gasteiger partial charge >= 0.3 is 0 Å². The van der Waals surface area contributed by atoms with Crippen LogP contribution in [0.4, 0.5) is 5.82 Å². The lowest BCUT2D eigenvalue weighted by atomic mass is 9.94. The minimum Gasteiger partial charge on any atom is -0.383 e. The molecule has 2 aromatic rings. The lowest BCUT2D eigenvalue weighted by Crippen LogP contribution is -2.51. The van der Waals surface area contributed by atoms with Gasteiger partial charge in [-0.05, 0) is 31.2 Å². The average Bonchev–Trinajstić information content (AvgIpc) is 2.99. The van der Waals surface area contributed by atoms with Crippen LogP contribution in [-0.2, 0) is 24.2 Å². The lowest BCUT2D eigenvalue weighted by Gasteiger charge is -2.37. The van der Waals surface area contributed by atoms with Crippen molar-refractivity contribution >= 4 is 33.3 Å². The fourth-order valence-electron chi connectivity index (χ4n) is 4.09. The van der Waals surface area contributed by atoms with Crippen molar-refractivity contribution in [1.29, 1.82) is 0 Å². The highest BCUT2D eigenvalue weighted by atomic mass is 32.1. The molecule has 1 amide bonds. The van der Waals surface area contributed by atoms with Gasteiger partial charge in [0.15, 0.2) is 0 Å². The smallest absolute Gasteiger partial charge is 0.228 e. The molecule has 2 aromatic heterocycles. The predicted molar refractivity (Wildman–Crippen MR) is 110 cm³/mol. The molecule has 27 heavy (non-hydrogen) atoms. The Labute approximate surface area is 164 Å². The summed E-state index contributed by atoms with van der Waals surface area (Å²) in [5, 5.41) is 1.10. The van der Waals surface area contributed by atoms with E-state index in [0.29, 0.717) is 12.4 Å². The number of hydrogen-bond donors (Lipinski definition) is 1. The molecule has 0 unspecified atom stereocenters. The van der Waals surface area contributed by atoms with Crippen molar-refractivity contribution in [3.05, 3.63) is 16.3 Å². The fourth-order valence-corrected chi connectivity index (χ4v) is 5.37. The summed E-state index contributed by atoms with van der Waals surface area (Å²) in [7, 11) is 0. The Hall–Kier alpha value is -1.73. The summed E-state index contributed by atoms with van der Waals surface area (Å²) in [5.41, 5.74) is 7.40. The molecule has 3 heterocycles. The molecule has 4 rings (SSSR count). The van der Waals surface area contributed by atoms with Crippen LogP contribution in [0.1, 0.15) is 49.9 Å². The normalized spacial score (nSPS) is 18.7. The first-order chi connectivity index (χ1) is 12.8. The molecule has 1 saturated heterocycles. The molecule has 0 aromatic carbocycles. The fraction of sp³-hybridized carbons (Fsp3) is 0.650. The summed E-state index contributed by atoms with van der Waals surface area (Å²) >= 11 is 1.79. The zero-order valence-corrected chi connectivity index (χ0v) is 17.4. The van der Waals surface area contributed by atoms with E-state index in [4.69, 9.17) is 10.7 Å². The first-order valence-corrected chi connectivity index (χ1v) is 10.7. The van der Waals surface area contributed by atoms with E-state index in [1.807, 2.05) is 25.7 Å². The maximum atomic E-state index is 12.4. The van der Waals surface area contributed by atoms with E-state index in [1.165, 1.54) is 23.3 Å². The Balaban J connectivity index is 1.46. The largest absolute Gasteiger partial charge is 0.383 e. The molecule has 0 atom stereocenters. The molecular weight excluding hydrogens is 358 g/mol. The van der Waals surface area contributed by atoms with Crippen LogP contribution in [0.15, 0.2) is 0 Å². The third kappa shape index (κ3) is 3.67. The summed E-state index contributed by atoms with van der Waals surface area (Å²) < 4.78 is 0. The highest BCUT2D eigenvalue weighted by molar-refractivity contribution is 7.19. The number of thiophene rings is 1. The molecule has 6 nitrogen and oxygen atoms in total. The van der Waals surface area contributed by atoms with Gasteiger partial charge in [0.1, 0.15) is 16.5 Å². The van der Waals surface area contributed by atoms with Crippen LogP contribution in [-0.4, -0.2) is 51.9 Å². The average molecular weight is 388 g/mol. The predicted octanol–water partition coefficient (Wildman–Crippen LogP) is 2.84. The summed E-state index contributed by atoms with van der Waals surface area (Å²) in [4.78, 5) is 28.7. The van der Waals surface area contributed by atoms with Gasteiger partial charge in [-0.3, -0.25) is 9.69 Å². The van der Waals surface area contributed by atoms with Crippen LogP contribution < -0.4 is 5.73 Å². The lowest BCUT2D eigenvalue weighted by molar-refractivity contribution is -0.141. The van der Waals surface area contributed by atoms with Gasteiger partial charge in [-0.25, -0.2) is 9.97 Å². The molecular formula is C20H29N5OS. The summed E-state index contributed by atoms with van der Waals surface area (Å²) in [6, 6.07) is 0. The second-order valence-corrected chi connectivity index (χ2v) is 9.82. The number of hydrogen-bond acceptors (Lipinski definition) is 6. The number of aryl methyl sites for hydroxylation is 2. The maximum Gasteiger partial charge on any atom is 0.228 e. The quantitative estimate of drug-likeness (QED) is 0.858. The van der Waals surface area contributed by atoms with Crippen molar-refractivity contribution in [2.45, 2.75) is 53.0 Å². The number of carbonyl (C=O) groups is 1. The number of nitrogens with zero attached hydrogens (tertiary/aromatic N) is 4. The Morgan fingerprint density at radius 3 is 2.52 bits per heavy atom. The number of amides is 1. The van der Waals surface area contributed by atoms with Crippen LogP contribution in [0.5, 0.6) is 0 Å². The third-order valence-corrected chi connectivity index (χ3v) is 6.74. The molecule has 0 bridgehead atoms. The van der Waals surface area contributed by atoms with Crippen LogP contribution in [0.2, 0.25) is 0 Å². The number of piperazine rings is 1. The van der Waals surface area contributed by atoms with Gasteiger partial charge in [-0.2, -0.15) is 0 Å². The van der Waals surface area contributed by atoms with Crippen molar-refractivity contribution in [2.24, 2.45) is 5.41 Å². The topological polar surface area (TPSA) is 75.4 Å². The highest BCUT2D eigenvalue weighted by Gasteiger charge is 2.30. The number of anilines is 1. The van der Waals surface area contributed by atoms with Crippen molar-refractivity contribution in [1.82, 2.24) is 19.8 Å². The molecule has 146 valence electrons. The Morgan fingerprint density at radius 2 is 1.81 bits per heavy atom. The van der Waals surface area contributed by atoms with E-state index >= 15 is 0 Å². The van der Waals surface area contributed by atoms with E-state index in [9.17, 15) is 4.79 Å². The Morgan fingerprint density at radius 1 is 1.11 bits per heavy atom. The first kappa shape index (κ1) is 18.6. The van der Waals surface area contributed by atoms with E-state index in [2.05, 4.69) is 9.88 Å². The monoisotopic (exact) mass is 387 g/mol. The number of rotatable bonds is 2. The number of nitrogen functional groups attached to an aromatic ring is 1. The SMILES string of the molecule is CC(C)(C)C(=O)N1CCN(Cc2nc(N)c3c4c(sc3n2)CCCC4)CC1. The molecule has 1 aliphatic carbocycles. The van der Waals surface area contributed by atoms with Gasteiger partial charge in [0.05, 0.1) is 11.9 Å². The second-order valence-electron chi connectivity index (χ2n) is 8.73. The van der Waals surface area contributed by atoms with E-state index in [1.54, 1.807) is 11.3 Å². The number of carbonyl (C=O) groups excluding carboxylic acids is 1. The molecule has 0 saturated carbocycles.